The van der Waals surface area contributed by atoms with Crippen LogP contribution in [0.15, 0.2) is 12.4 Å². The summed E-state index contributed by atoms with van der Waals surface area (Å²) in [6, 6.07) is 0. The molecule has 7 heteroatoms. The van der Waals surface area contributed by atoms with E-state index in [0.29, 0.717) is 6.42 Å². The van der Waals surface area contributed by atoms with E-state index in [4.69, 9.17) is 0 Å². The maximum absolute atomic E-state index is 10.3. The van der Waals surface area contributed by atoms with Crippen molar-refractivity contribution in [3.8, 4) is 0 Å². The molecule has 1 heterocycles. The zero-order chi connectivity index (χ0) is 10.6. The van der Waals surface area contributed by atoms with Gasteiger partial charge in [0.25, 0.3) is 0 Å². The maximum Gasteiger partial charge on any atom is 1.00 e. The first-order chi connectivity index (χ1) is 6.47. The zero-order valence-electron chi connectivity index (χ0n) is 9.22. The van der Waals surface area contributed by atoms with Gasteiger partial charge in [0, 0.05) is 31.7 Å². The van der Waals surface area contributed by atoms with Crippen LogP contribution in [0.25, 0.3) is 0 Å². The summed E-state index contributed by atoms with van der Waals surface area (Å²) < 4.78 is 30.9. The van der Waals surface area contributed by atoms with Gasteiger partial charge in [-0.2, -0.15) is 0 Å². The van der Waals surface area contributed by atoms with Crippen LogP contribution in [-0.2, 0) is 10.1 Å². The van der Waals surface area contributed by atoms with E-state index in [1.165, 1.54) is 0 Å². The van der Waals surface area contributed by atoms with E-state index in [2.05, 4.69) is 4.90 Å². The molecule has 82 valence electrons. The van der Waals surface area contributed by atoms with E-state index >= 15 is 0 Å². The summed E-state index contributed by atoms with van der Waals surface area (Å²) in [4.78, 5) is 4.11. The molecule has 0 bridgehead atoms. The van der Waals surface area contributed by atoms with Crippen LogP contribution < -0.4 is 29.6 Å². The van der Waals surface area contributed by atoms with Crippen LogP contribution in [0, 0.1) is 0 Å². The summed E-state index contributed by atoms with van der Waals surface area (Å²) >= 11 is 0. The molecule has 0 spiro atoms. The molecule has 0 saturated carbocycles. The second-order valence-electron chi connectivity index (χ2n) is 3.48. The number of rotatable bonds is 5. The summed E-state index contributed by atoms with van der Waals surface area (Å²) in [5.41, 5.74) is 0. The Hall–Kier alpha value is 0.250. The van der Waals surface area contributed by atoms with Gasteiger partial charge in [0.1, 0.15) is 0 Å². The van der Waals surface area contributed by atoms with E-state index in [9.17, 15) is 13.0 Å². The molecule has 1 rings (SSSR count). The third kappa shape index (κ3) is 7.19. The van der Waals surface area contributed by atoms with Crippen molar-refractivity contribution in [1.29, 1.82) is 0 Å². The minimum Gasteiger partial charge on any atom is -0.748 e. The third-order valence-electron chi connectivity index (χ3n) is 2.03. The van der Waals surface area contributed by atoms with Crippen molar-refractivity contribution < 1.29 is 42.5 Å². The van der Waals surface area contributed by atoms with Crippen LogP contribution in [0.1, 0.15) is 12.8 Å². The molecule has 0 fully saturated rings. The van der Waals surface area contributed by atoms with Crippen LogP contribution in [0.5, 0.6) is 0 Å². The minimum atomic E-state index is -4.03. The van der Waals surface area contributed by atoms with Gasteiger partial charge in [0.05, 0.1) is 16.8 Å². The van der Waals surface area contributed by atoms with Crippen molar-refractivity contribution in [3.05, 3.63) is 12.4 Å². The van der Waals surface area contributed by atoms with Gasteiger partial charge in [0.15, 0.2) is 0 Å². The molecule has 0 N–H and O–H groups in total. The quantitative estimate of drug-likeness (QED) is 0.292. The Morgan fingerprint density at radius 3 is 2.47 bits per heavy atom. The second-order valence-corrected chi connectivity index (χ2v) is 5.00. The van der Waals surface area contributed by atoms with Crippen molar-refractivity contribution in [1.82, 2.24) is 9.80 Å². The molecule has 0 aromatic carbocycles. The Morgan fingerprint density at radius 1 is 1.33 bits per heavy atom. The number of unbranched alkanes of at least 4 members (excludes halogenated alkanes) is 1. The van der Waals surface area contributed by atoms with Gasteiger partial charge >= 0.3 is 29.6 Å². The molecule has 5 nitrogen and oxygen atoms in total. The summed E-state index contributed by atoms with van der Waals surface area (Å²) in [6.07, 6.45) is 5.11. The fourth-order valence-electron chi connectivity index (χ4n) is 1.33. The molecule has 1 aliphatic rings. The van der Waals surface area contributed by atoms with Gasteiger partial charge < -0.3 is 14.4 Å². The van der Waals surface area contributed by atoms with Crippen molar-refractivity contribution in [3.63, 3.8) is 0 Å². The third-order valence-corrected chi connectivity index (χ3v) is 2.82. The van der Waals surface area contributed by atoms with E-state index in [1.54, 1.807) is 0 Å². The first-order valence-electron chi connectivity index (χ1n) is 4.53. The van der Waals surface area contributed by atoms with Crippen LogP contribution in [-0.4, -0.2) is 48.8 Å². The molecule has 0 aliphatic carbocycles. The van der Waals surface area contributed by atoms with Gasteiger partial charge in [-0.05, 0) is 12.8 Å². The van der Waals surface area contributed by atoms with Gasteiger partial charge in [-0.25, -0.2) is 8.42 Å². The fourth-order valence-corrected chi connectivity index (χ4v) is 1.89. The van der Waals surface area contributed by atoms with Crippen LogP contribution >= 0.6 is 0 Å². The molecule has 0 unspecified atom stereocenters. The fraction of sp³-hybridized carbons (Fsp3) is 0.750. The number of nitrogens with zero attached hydrogens (tertiary/aromatic N) is 2. The maximum atomic E-state index is 10.3. The Bertz CT molecular complexity index is 305. The predicted molar refractivity (Wildman–Crippen MR) is 52.3 cm³/mol. The molecule has 1 aliphatic heterocycles. The molecule has 0 aromatic rings. The standard InChI is InChI=1S/C8H16N2O3S.Na/c1-9-5-6-10(8-9)4-2-3-7-14(11,12)13;/h5-6H,2-4,7-8H2,1H3,(H,11,12,13);/q;+1/p-1. The van der Waals surface area contributed by atoms with E-state index in [-0.39, 0.29) is 35.3 Å². The van der Waals surface area contributed by atoms with E-state index in [1.807, 2.05) is 24.3 Å². The van der Waals surface area contributed by atoms with E-state index < -0.39 is 10.1 Å². The molecular weight excluding hydrogens is 227 g/mol. The summed E-state index contributed by atoms with van der Waals surface area (Å²) in [7, 11) is -2.06. The molecule has 0 radical (unpaired) electrons. The predicted octanol–water partition coefficient (Wildman–Crippen LogP) is -3.01. The first-order valence-corrected chi connectivity index (χ1v) is 6.11. The van der Waals surface area contributed by atoms with Gasteiger partial charge in [-0.3, -0.25) is 0 Å². The van der Waals surface area contributed by atoms with Gasteiger partial charge in [0.2, 0.25) is 0 Å². The Morgan fingerprint density at radius 2 is 2.00 bits per heavy atom. The molecule has 0 saturated heterocycles. The Labute approximate surface area is 113 Å². The second kappa shape index (κ2) is 6.75. The smallest absolute Gasteiger partial charge is 0.748 e. The number of hydrogen-bond acceptors (Lipinski definition) is 5. The first kappa shape index (κ1) is 15.2. The Balaban J connectivity index is 0.00000196. The molecule has 0 atom stereocenters. The van der Waals surface area contributed by atoms with E-state index in [0.717, 1.165) is 19.6 Å². The molecular formula is C8H15N2NaO3S. The zero-order valence-corrected chi connectivity index (χ0v) is 12.0. The van der Waals surface area contributed by atoms with Crippen LogP contribution in [0.3, 0.4) is 0 Å². The average molecular weight is 242 g/mol. The Kier molecular flexibility index (Phi) is 6.86. The average Bonchev–Trinajstić information content (AvgIpc) is 2.44. The SMILES string of the molecule is CN1C=CN(CCCCS(=O)(=O)[O-])C1.[Na+]. The molecule has 0 aromatic heterocycles. The summed E-state index contributed by atoms with van der Waals surface area (Å²) in [5, 5.41) is 0. The van der Waals surface area contributed by atoms with Crippen molar-refractivity contribution in [2.75, 3.05) is 26.0 Å². The van der Waals surface area contributed by atoms with Crippen molar-refractivity contribution in [2.45, 2.75) is 12.8 Å². The summed E-state index contributed by atoms with van der Waals surface area (Å²) in [6.45, 7) is 1.64. The minimum absolute atomic E-state index is 0. The largest absolute Gasteiger partial charge is 1.00 e. The number of hydrogen-bond donors (Lipinski definition) is 0. The van der Waals surface area contributed by atoms with Crippen molar-refractivity contribution >= 4 is 10.1 Å². The van der Waals surface area contributed by atoms with Crippen molar-refractivity contribution in [2.24, 2.45) is 0 Å². The molecule has 0 amide bonds. The topological polar surface area (TPSA) is 63.7 Å². The molecule has 15 heavy (non-hydrogen) atoms. The summed E-state index contributed by atoms with van der Waals surface area (Å²) in [5.74, 6) is -0.250. The van der Waals surface area contributed by atoms with Gasteiger partial charge in [-0.15, -0.1) is 0 Å². The normalized spacial score (nSPS) is 15.6. The monoisotopic (exact) mass is 242 g/mol. The van der Waals surface area contributed by atoms with Crippen LogP contribution in [0.2, 0.25) is 0 Å². The van der Waals surface area contributed by atoms with Crippen LogP contribution in [0.4, 0.5) is 0 Å². The van der Waals surface area contributed by atoms with Gasteiger partial charge in [-0.1, -0.05) is 0 Å².